The fraction of sp³-hybridized carbons (Fsp3) is 1.00. The summed E-state index contributed by atoms with van der Waals surface area (Å²) in [6.07, 6.45) is -0.250. The van der Waals surface area contributed by atoms with Gasteiger partial charge in [0, 0.05) is 18.0 Å². The van der Waals surface area contributed by atoms with Crippen LogP contribution in [-0.2, 0) is 0 Å². The first-order valence-corrected chi connectivity index (χ1v) is 5.23. The minimum atomic E-state index is -0.250. The molecule has 0 aromatic rings. The second-order valence-electron chi connectivity index (χ2n) is 4.82. The van der Waals surface area contributed by atoms with E-state index in [2.05, 4.69) is 39.5 Å². The van der Waals surface area contributed by atoms with E-state index in [9.17, 15) is 5.11 Å². The molecule has 13 heavy (non-hydrogen) atoms. The number of aliphatic hydroxyl groups is 1. The fourth-order valence-electron chi connectivity index (χ4n) is 1.32. The topological polar surface area (TPSA) is 23.5 Å². The number of rotatable bonds is 5. The van der Waals surface area contributed by atoms with Crippen LogP contribution < -0.4 is 0 Å². The van der Waals surface area contributed by atoms with E-state index in [1.165, 1.54) is 0 Å². The monoisotopic (exact) mass is 187 g/mol. The fourth-order valence-corrected chi connectivity index (χ4v) is 1.32. The quantitative estimate of drug-likeness (QED) is 0.712. The summed E-state index contributed by atoms with van der Waals surface area (Å²) in [6.45, 7) is 14.7. The third-order valence-electron chi connectivity index (χ3n) is 2.88. The Kier molecular flexibility index (Phi) is 4.93. The van der Waals surface area contributed by atoms with Gasteiger partial charge in [-0.3, -0.25) is 0 Å². The van der Waals surface area contributed by atoms with E-state index in [1.54, 1.807) is 0 Å². The summed E-state index contributed by atoms with van der Waals surface area (Å²) in [4.78, 5) is 2.38. The van der Waals surface area contributed by atoms with Gasteiger partial charge in [-0.05, 0) is 27.3 Å². The van der Waals surface area contributed by atoms with Gasteiger partial charge >= 0.3 is 0 Å². The number of nitrogens with zero attached hydrogens (tertiary/aromatic N) is 1. The van der Waals surface area contributed by atoms with Crippen LogP contribution in [0.5, 0.6) is 0 Å². The first-order valence-electron chi connectivity index (χ1n) is 5.23. The summed E-state index contributed by atoms with van der Waals surface area (Å²) in [5, 5.41) is 9.58. The van der Waals surface area contributed by atoms with Gasteiger partial charge in [-0.15, -0.1) is 0 Å². The molecule has 0 heterocycles. The van der Waals surface area contributed by atoms with Crippen molar-refractivity contribution in [3.63, 3.8) is 0 Å². The SMILES string of the molecule is CCN(CC(C)(C)C(C)O)C(C)C. The number of hydrogen-bond donors (Lipinski definition) is 1. The van der Waals surface area contributed by atoms with Gasteiger partial charge in [0.25, 0.3) is 0 Å². The molecule has 1 atom stereocenters. The molecule has 0 saturated heterocycles. The van der Waals surface area contributed by atoms with Gasteiger partial charge in [0.15, 0.2) is 0 Å². The summed E-state index contributed by atoms with van der Waals surface area (Å²) in [6, 6.07) is 0.558. The second-order valence-corrected chi connectivity index (χ2v) is 4.82. The van der Waals surface area contributed by atoms with Gasteiger partial charge in [-0.1, -0.05) is 20.8 Å². The van der Waals surface area contributed by atoms with Crippen molar-refractivity contribution in [1.82, 2.24) is 4.90 Å². The van der Waals surface area contributed by atoms with E-state index in [-0.39, 0.29) is 11.5 Å². The summed E-state index contributed by atoms with van der Waals surface area (Å²) in [7, 11) is 0. The molecule has 0 aliphatic rings. The van der Waals surface area contributed by atoms with Crippen molar-refractivity contribution < 1.29 is 5.11 Å². The van der Waals surface area contributed by atoms with Crippen molar-refractivity contribution in [2.45, 2.75) is 53.7 Å². The van der Waals surface area contributed by atoms with Crippen molar-refractivity contribution in [1.29, 1.82) is 0 Å². The summed E-state index contributed by atoms with van der Waals surface area (Å²) in [5.74, 6) is 0. The molecule has 0 aliphatic heterocycles. The highest BCUT2D eigenvalue weighted by atomic mass is 16.3. The lowest BCUT2D eigenvalue weighted by Crippen LogP contribution is -2.43. The van der Waals surface area contributed by atoms with Crippen LogP contribution in [0, 0.1) is 5.41 Å². The molecule has 1 N–H and O–H groups in total. The molecule has 0 amide bonds. The standard InChI is InChI=1S/C11H25NO/c1-7-12(9(2)3)8-11(5,6)10(4)13/h9-10,13H,7-8H2,1-6H3. The second kappa shape index (κ2) is 4.97. The highest BCUT2D eigenvalue weighted by Crippen LogP contribution is 2.22. The highest BCUT2D eigenvalue weighted by molar-refractivity contribution is 4.79. The summed E-state index contributed by atoms with van der Waals surface area (Å²) in [5.41, 5.74) is -0.0136. The third-order valence-corrected chi connectivity index (χ3v) is 2.88. The Labute approximate surface area is 82.9 Å². The van der Waals surface area contributed by atoms with E-state index in [1.807, 2.05) is 6.92 Å². The Morgan fingerprint density at radius 1 is 1.23 bits per heavy atom. The molecule has 0 rings (SSSR count). The van der Waals surface area contributed by atoms with E-state index in [0.29, 0.717) is 6.04 Å². The van der Waals surface area contributed by atoms with Crippen LogP contribution in [0.3, 0.4) is 0 Å². The first-order chi connectivity index (χ1) is 5.81. The van der Waals surface area contributed by atoms with E-state index < -0.39 is 0 Å². The Morgan fingerprint density at radius 2 is 1.69 bits per heavy atom. The Balaban J connectivity index is 4.22. The van der Waals surface area contributed by atoms with Crippen molar-refractivity contribution in [2.75, 3.05) is 13.1 Å². The molecule has 0 aromatic carbocycles. The van der Waals surface area contributed by atoms with Crippen molar-refractivity contribution >= 4 is 0 Å². The zero-order valence-corrected chi connectivity index (χ0v) is 9.96. The van der Waals surface area contributed by atoms with Crippen LogP contribution in [0.15, 0.2) is 0 Å². The average molecular weight is 187 g/mol. The molecule has 0 aliphatic carbocycles. The van der Waals surface area contributed by atoms with Crippen molar-refractivity contribution in [2.24, 2.45) is 5.41 Å². The van der Waals surface area contributed by atoms with Gasteiger partial charge in [0.2, 0.25) is 0 Å². The number of aliphatic hydroxyl groups excluding tert-OH is 1. The molecule has 0 spiro atoms. The zero-order chi connectivity index (χ0) is 10.6. The summed E-state index contributed by atoms with van der Waals surface area (Å²) < 4.78 is 0. The van der Waals surface area contributed by atoms with Gasteiger partial charge in [-0.2, -0.15) is 0 Å². The maximum atomic E-state index is 9.58. The molecule has 1 unspecified atom stereocenters. The van der Waals surface area contributed by atoms with E-state index >= 15 is 0 Å². The Bertz CT molecular complexity index is 141. The molecular formula is C11H25NO. The van der Waals surface area contributed by atoms with Gasteiger partial charge in [0.05, 0.1) is 6.10 Å². The Hall–Kier alpha value is -0.0800. The third kappa shape index (κ3) is 4.10. The highest BCUT2D eigenvalue weighted by Gasteiger charge is 2.27. The largest absolute Gasteiger partial charge is 0.393 e. The number of hydrogen-bond acceptors (Lipinski definition) is 2. The smallest absolute Gasteiger partial charge is 0.0575 e. The lowest BCUT2D eigenvalue weighted by Gasteiger charge is -2.36. The minimum absolute atomic E-state index is 0.0136. The maximum Gasteiger partial charge on any atom is 0.0575 e. The molecule has 0 bridgehead atoms. The molecular weight excluding hydrogens is 162 g/mol. The minimum Gasteiger partial charge on any atom is -0.393 e. The molecule has 2 nitrogen and oxygen atoms in total. The van der Waals surface area contributed by atoms with E-state index in [0.717, 1.165) is 13.1 Å². The van der Waals surface area contributed by atoms with Crippen molar-refractivity contribution in [3.8, 4) is 0 Å². The predicted molar refractivity (Wildman–Crippen MR) is 57.8 cm³/mol. The first kappa shape index (κ1) is 12.9. The van der Waals surface area contributed by atoms with Crippen LogP contribution in [-0.4, -0.2) is 35.2 Å². The maximum absolute atomic E-state index is 9.58. The van der Waals surface area contributed by atoms with Crippen molar-refractivity contribution in [3.05, 3.63) is 0 Å². The van der Waals surface area contributed by atoms with Crippen LogP contribution in [0.25, 0.3) is 0 Å². The molecule has 0 fully saturated rings. The molecule has 0 saturated carbocycles. The predicted octanol–water partition coefficient (Wildman–Crippen LogP) is 2.12. The molecule has 0 radical (unpaired) electrons. The van der Waals surface area contributed by atoms with Gasteiger partial charge in [0.1, 0.15) is 0 Å². The van der Waals surface area contributed by atoms with Crippen LogP contribution in [0.1, 0.15) is 41.5 Å². The Morgan fingerprint density at radius 3 is 1.92 bits per heavy atom. The molecule has 2 heteroatoms. The van der Waals surface area contributed by atoms with Crippen LogP contribution in [0.4, 0.5) is 0 Å². The lowest BCUT2D eigenvalue weighted by atomic mass is 9.86. The average Bonchev–Trinajstić information content (AvgIpc) is 1.99. The lowest BCUT2D eigenvalue weighted by molar-refractivity contribution is 0.0278. The molecule has 0 aromatic heterocycles. The van der Waals surface area contributed by atoms with Gasteiger partial charge < -0.3 is 10.0 Å². The summed E-state index contributed by atoms with van der Waals surface area (Å²) >= 11 is 0. The normalized spacial score (nSPS) is 15.5. The molecule has 80 valence electrons. The van der Waals surface area contributed by atoms with Gasteiger partial charge in [-0.25, -0.2) is 0 Å². The van der Waals surface area contributed by atoms with E-state index in [4.69, 9.17) is 0 Å². The van der Waals surface area contributed by atoms with Crippen LogP contribution >= 0.6 is 0 Å². The van der Waals surface area contributed by atoms with Crippen LogP contribution in [0.2, 0.25) is 0 Å². The zero-order valence-electron chi connectivity index (χ0n) is 9.96.